The predicted octanol–water partition coefficient (Wildman–Crippen LogP) is 2.09. The van der Waals surface area contributed by atoms with Gasteiger partial charge in [0, 0.05) is 24.0 Å². The lowest BCUT2D eigenvalue weighted by molar-refractivity contribution is 0.359. The number of hydrogen-bond donors (Lipinski definition) is 1. The normalized spacial score (nSPS) is 15.7. The van der Waals surface area contributed by atoms with Gasteiger partial charge in [-0.3, -0.25) is 9.36 Å². The van der Waals surface area contributed by atoms with Crippen molar-refractivity contribution in [1.29, 1.82) is 0 Å². The predicted molar refractivity (Wildman–Crippen MR) is 92.9 cm³/mol. The molecule has 0 spiro atoms. The maximum absolute atomic E-state index is 12.8. The van der Waals surface area contributed by atoms with Gasteiger partial charge in [-0.15, -0.1) is 0 Å². The lowest BCUT2D eigenvalue weighted by Crippen LogP contribution is -2.34. The van der Waals surface area contributed by atoms with Crippen molar-refractivity contribution >= 4 is 10.9 Å². The monoisotopic (exact) mass is 321 g/mol. The molecule has 1 aromatic carbocycles. The Labute approximate surface area is 139 Å². The highest BCUT2D eigenvalue weighted by Gasteiger charge is 2.17. The van der Waals surface area contributed by atoms with Crippen LogP contribution in [0.3, 0.4) is 0 Å². The molecule has 0 radical (unpaired) electrons. The summed E-state index contributed by atoms with van der Waals surface area (Å²) in [7, 11) is 0. The molecule has 0 amide bonds. The number of benzene rings is 1. The molecule has 0 atom stereocenters. The summed E-state index contributed by atoms with van der Waals surface area (Å²) in [6.45, 7) is 3.75. The van der Waals surface area contributed by atoms with E-state index < -0.39 is 0 Å². The third-order valence-corrected chi connectivity index (χ3v) is 4.60. The van der Waals surface area contributed by atoms with Crippen LogP contribution >= 0.6 is 0 Å². The molecule has 24 heavy (non-hydrogen) atoms. The fourth-order valence-electron chi connectivity index (χ4n) is 3.20. The van der Waals surface area contributed by atoms with Crippen molar-refractivity contribution in [1.82, 2.24) is 24.8 Å². The number of rotatable bonds is 2. The second-order valence-corrected chi connectivity index (χ2v) is 6.19. The topological polar surface area (TPSA) is 72.7 Å². The standard InChI is InChI=1S/C18H19N5O/c1-12-20-9-14(10-21-12)13-2-3-16-17(8-13)22-11-23(18(16)24)15-4-6-19-7-5-15/h2-3,8-11,15,19H,4-7H2,1H3. The summed E-state index contributed by atoms with van der Waals surface area (Å²) in [5, 5.41) is 3.98. The molecule has 4 rings (SSSR count). The number of piperidine rings is 1. The van der Waals surface area contributed by atoms with Crippen LogP contribution < -0.4 is 10.9 Å². The maximum atomic E-state index is 12.8. The number of aryl methyl sites for hydroxylation is 1. The van der Waals surface area contributed by atoms with Gasteiger partial charge < -0.3 is 5.32 Å². The van der Waals surface area contributed by atoms with E-state index in [-0.39, 0.29) is 11.6 Å². The minimum absolute atomic E-state index is 0.0404. The van der Waals surface area contributed by atoms with Crippen molar-refractivity contribution in [2.24, 2.45) is 0 Å². The van der Waals surface area contributed by atoms with Crippen LogP contribution in [-0.2, 0) is 0 Å². The number of hydrogen-bond acceptors (Lipinski definition) is 5. The molecule has 6 nitrogen and oxygen atoms in total. The quantitative estimate of drug-likeness (QED) is 0.782. The van der Waals surface area contributed by atoms with Crippen LogP contribution in [0.15, 0.2) is 41.7 Å². The highest BCUT2D eigenvalue weighted by atomic mass is 16.1. The summed E-state index contributed by atoms with van der Waals surface area (Å²) in [4.78, 5) is 25.8. The number of fused-ring (bicyclic) bond motifs is 1. The SMILES string of the molecule is Cc1ncc(-c2ccc3c(=O)n(C4CCNCC4)cnc3c2)cn1. The minimum Gasteiger partial charge on any atom is -0.317 e. The van der Waals surface area contributed by atoms with Gasteiger partial charge in [0.2, 0.25) is 0 Å². The van der Waals surface area contributed by atoms with Crippen LogP contribution in [0.2, 0.25) is 0 Å². The minimum atomic E-state index is 0.0404. The molecular formula is C18H19N5O. The molecule has 1 aliphatic heterocycles. The number of aromatic nitrogens is 4. The molecule has 6 heteroatoms. The summed E-state index contributed by atoms with van der Waals surface area (Å²) in [6.07, 6.45) is 7.20. The molecule has 2 aromatic heterocycles. The summed E-state index contributed by atoms with van der Waals surface area (Å²) < 4.78 is 1.79. The van der Waals surface area contributed by atoms with Gasteiger partial charge in [0.15, 0.2) is 0 Å². The van der Waals surface area contributed by atoms with Gasteiger partial charge in [0.05, 0.1) is 17.2 Å². The van der Waals surface area contributed by atoms with Crippen molar-refractivity contribution < 1.29 is 0 Å². The molecule has 0 bridgehead atoms. The Hall–Kier alpha value is -2.60. The Bertz CT molecular complexity index is 926. The Balaban J connectivity index is 1.76. The highest BCUT2D eigenvalue weighted by Crippen LogP contribution is 2.22. The summed E-state index contributed by atoms with van der Waals surface area (Å²) in [5.41, 5.74) is 2.64. The molecular weight excluding hydrogens is 302 g/mol. The maximum Gasteiger partial charge on any atom is 0.261 e. The summed E-state index contributed by atoms with van der Waals surface area (Å²) >= 11 is 0. The lowest BCUT2D eigenvalue weighted by atomic mass is 10.1. The van der Waals surface area contributed by atoms with Crippen molar-refractivity contribution in [3.05, 3.63) is 53.1 Å². The van der Waals surface area contributed by atoms with E-state index in [9.17, 15) is 4.79 Å². The van der Waals surface area contributed by atoms with Crippen LogP contribution in [-0.4, -0.2) is 32.6 Å². The molecule has 0 unspecified atom stereocenters. The molecule has 1 saturated heterocycles. The third kappa shape index (κ3) is 2.69. The molecule has 1 N–H and O–H groups in total. The Morgan fingerprint density at radius 2 is 1.83 bits per heavy atom. The zero-order chi connectivity index (χ0) is 16.5. The summed E-state index contributed by atoms with van der Waals surface area (Å²) in [6, 6.07) is 5.96. The average Bonchev–Trinajstić information content (AvgIpc) is 2.63. The van der Waals surface area contributed by atoms with E-state index >= 15 is 0 Å². The molecule has 3 aromatic rings. The lowest BCUT2D eigenvalue weighted by Gasteiger charge is -2.24. The second-order valence-electron chi connectivity index (χ2n) is 6.19. The molecule has 3 heterocycles. The second kappa shape index (κ2) is 6.13. The van der Waals surface area contributed by atoms with Gasteiger partial charge in [-0.05, 0) is 50.6 Å². The van der Waals surface area contributed by atoms with Gasteiger partial charge in [0.25, 0.3) is 5.56 Å². The van der Waals surface area contributed by atoms with Crippen molar-refractivity contribution in [2.45, 2.75) is 25.8 Å². The number of nitrogens with zero attached hydrogens (tertiary/aromatic N) is 4. The zero-order valence-electron chi connectivity index (χ0n) is 13.6. The van der Waals surface area contributed by atoms with Gasteiger partial charge in [-0.25, -0.2) is 15.0 Å². The molecule has 0 saturated carbocycles. The van der Waals surface area contributed by atoms with Crippen molar-refractivity contribution in [3.63, 3.8) is 0 Å². The van der Waals surface area contributed by atoms with Crippen molar-refractivity contribution in [2.75, 3.05) is 13.1 Å². The fraction of sp³-hybridized carbons (Fsp3) is 0.333. The molecule has 1 aliphatic rings. The molecule has 1 fully saturated rings. The van der Waals surface area contributed by atoms with E-state index in [1.165, 1.54) is 0 Å². The first-order valence-corrected chi connectivity index (χ1v) is 8.23. The van der Waals surface area contributed by atoms with E-state index in [0.29, 0.717) is 10.9 Å². The largest absolute Gasteiger partial charge is 0.317 e. The first-order valence-electron chi connectivity index (χ1n) is 8.23. The molecule has 0 aliphatic carbocycles. The van der Waals surface area contributed by atoms with Gasteiger partial charge in [0.1, 0.15) is 5.82 Å². The van der Waals surface area contributed by atoms with Gasteiger partial charge >= 0.3 is 0 Å². The Morgan fingerprint density at radius 1 is 1.08 bits per heavy atom. The van der Waals surface area contributed by atoms with E-state index in [1.807, 2.05) is 25.1 Å². The van der Waals surface area contributed by atoms with E-state index in [2.05, 4.69) is 20.3 Å². The van der Waals surface area contributed by atoms with Crippen LogP contribution in [0.4, 0.5) is 0 Å². The highest BCUT2D eigenvalue weighted by molar-refractivity contribution is 5.83. The molecule has 122 valence electrons. The van der Waals surface area contributed by atoms with E-state index in [1.54, 1.807) is 23.3 Å². The number of nitrogens with one attached hydrogen (secondary N) is 1. The van der Waals surface area contributed by atoms with Gasteiger partial charge in [-0.1, -0.05) is 6.07 Å². The zero-order valence-corrected chi connectivity index (χ0v) is 13.6. The van der Waals surface area contributed by atoms with Crippen LogP contribution in [0.25, 0.3) is 22.0 Å². The summed E-state index contributed by atoms with van der Waals surface area (Å²) in [5.74, 6) is 0.738. The fourth-order valence-corrected chi connectivity index (χ4v) is 3.20. The first-order chi connectivity index (χ1) is 11.7. The van der Waals surface area contributed by atoms with Crippen LogP contribution in [0, 0.1) is 6.92 Å². The van der Waals surface area contributed by atoms with E-state index in [0.717, 1.165) is 42.9 Å². The average molecular weight is 321 g/mol. The first kappa shape index (κ1) is 15.0. The smallest absolute Gasteiger partial charge is 0.261 e. The Kier molecular flexibility index (Phi) is 3.82. The Morgan fingerprint density at radius 3 is 2.58 bits per heavy atom. The van der Waals surface area contributed by atoms with E-state index in [4.69, 9.17) is 0 Å². The van der Waals surface area contributed by atoms with Gasteiger partial charge in [-0.2, -0.15) is 0 Å². The van der Waals surface area contributed by atoms with Crippen molar-refractivity contribution in [3.8, 4) is 11.1 Å². The third-order valence-electron chi connectivity index (χ3n) is 4.60. The van der Waals surface area contributed by atoms with Crippen LogP contribution in [0.5, 0.6) is 0 Å². The van der Waals surface area contributed by atoms with Crippen LogP contribution in [0.1, 0.15) is 24.7 Å².